The van der Waals surface area contributed by atoms with Gasteiger partial charge < -0.3 is 14.5 Å². The van der Waals surface area contributed by atoms with Crippen molar-refractivity contribution in [2.45, 2.75) is 62.4 Å². The van der Waals surface area contributed by atoms with Crippen molar-refractivity contribution in [1.29, 1.82) is 0 Å². The topological polar surface area (TPSA) is 78.9 Å². The molecular formula is C29H39N5O3. The Balaban J connectivity index is 1.33. The molecule has 0 unspecified atom stereocenters. The second kappa shape index (κ2) is 10.4. The molecule has 1 aliphatic heterocycles. The molecule has 5 rings (SSSR count). The summed E-state index contributed by atoms with van der Waals surface area (Å²) < 4.78 is 5.14. The van der Waals surface area contributed by atoms with Gasteiger partial charge in [0.05, 0.1) is 37.5 Å². The molecule has 1 spiro atoms. The van der Waals surface area contributed by atoms with Crippen LogP contribution in [0.3, 0.4) is 0 Å². The van der Waals surface area contributed by atoms with Gasteiger partial charge in [-0.1, -0.05) is 36.8 Å². The van der Waals surface area contributed by atoms with Crippen molar-refractivity contribution < 1.29 is 14.3 Å². The number of urea groups is 1. The Morgan fingerprint density at radius 1 is 1.11 bits per heavy atom. The maximum absolute atomic E-state index is 13.7. The number of carbonyl (C=O) groups excluding carboxylic acids is 2. The number of Topliss-reactive ketones (excluding diaryl/α,β-unsaturated/α-hetero) is 1. The molecule has 1 saturated heterocycles. The fourth-order valence-electron chi connectivity index (χ4n) is 6.55. The molecule has 8 heteroatoms. The van der Waals surface area contributed by atoms with Crippen LogP contribution >= 0.6 is 0 Å². The van der Waals surface area contributed by atoms with E-state index in [1.54, 1.807) is 11.1 Å². The van der Waals surface area contributed by atoms with Gasteiger partial charge in [-0.3, -0.25) is 14.7 Å². The lowest BCUT2D eigenvalue weighted by Crippen LogP contribution is -2.56. The van der Waals surface area contributed by atoms with Crippen LogP contribution in [-0.4, -0.2) is 82.9 Å². The number of methoxy groups -OCH3 is 1. The van der Waals surface area contributed by atoms with Crippen molar-refractivity contribution in [2.75, 3.05) is 40.8 Å². The van der Waals surface area contributed by atoms with Gasteiger partial charge in [0, 0.05) is 24.8 Å². The predicted octanol–water partition coefficient (Wildman–Crippen LogP) is 3.90. The molecule has 3 fully saturated rings. The Morgan fingerprint density at radius 3 is 2.46 bits per heavy atom. The number of ketones is 1. The number of hydrogen-bond acceptors (Lipinski definition) is 6. The van der Waals surface area contributed by atoms with Gasteiger partial charge in [0.1, 0.15) is 0 Å². The number of amides is 2. The molecule has 0 atom stereocenters. The van der Waals surface area contributed by atoms with Crippen molar-refractivity contribution in [3.8, 4) is 5.88 Å². The third-order valence-corrected chi connectivity index (χ3v) is 9.02. The molecule has 0 N–H and O–H groups in total. The highest BCUT2D eigenvalue weighted by Crippen LogP contribution is 2.49. The monoisotopic (exact) mass is 505 g/mol. The summed E-state index contributed by atoms with van der Waals surface area (Å²) in [6.45, 7) is 1.54. The van der Waals surface area contributed by atoms with E-state index < -0.39 is 0 Å². The molecular weight excluding hydrogens is 466 g/mol. The molecule has 37 heavy (non-hydrogen) atoms. The summed E-state index contributed by atoms with van der Waals surface area (Å²) in [4.78, 5) is 41.5. The molecule has 2 saturated carbocycles. The van der Waals surface area contributed by atoms with Gasteiger partial charge in [-0.2, -0.15) is 0 Å². The summed E-state index contributed by atoms with van der Waals surface area (Å²) >= 11 is 0. The first kappa shape index (κ1) is 25.6. The molecule has 8 nitrogen and oxygen atoms in total. The largest absolute Gasteiger partial charge is 0.480 e. The van der Waals surface area contributed by atoms with Gasteiger partial charge >= 0.3 is 6.03 Å². The minimum Gasteiger partial charge on any atom is -0.480 e. The molecule has 3 aliphatic rings. The van der Waals surface area contributed by atoms with Crippen LogP contribution in [0.15, 0.2) is 42.7 Å². The van der Waals surface area contributed by atoms with E-state index in [0.717, 1.165) is 32.2 Å². The van der Waals surface area contributed by atoms with E-state index in [1.165, 1.54) is 38.1 Å². The average Bonchev–Trinajstić information content (AvgIpc) is 3.12. The predicted molar refractivity (Wildman–Crippen MR) is 141 cm³/mol. The Kier molecular flexibility index (Phi) is 7.21. The van der Waals surface area contributed by atoms with E-state index in [-0.39, 0.29) is 35.9 Å². The molecule has 198 valence electrons. The first-order valence-electron chi connectivity index (χ1n) is 13.5. The summed E-state index contributed by atoms with van der Waals surface area (Å²) in [6.07, 6.45) is 10.7. The smallest absolute Gasteiger partial charge is 0.321 e. The molecule has 2 aromatic rings. The number of benzene rings is 1. The van der Waals surface area contributed by atoms with Crippen LogP contribution in [-0.2, 0) is 16.8 Å². The van der Waals surface area contributed by atoms with Crippen molar-refractivity contribution in [1.82, 2.24) is 24.7 Å². The number of ether oxygens (including phenoxy) is 1. The fourth-order valence-corrected chi connectivity index (χ4v) is 6.55. The van der Waals surface area contributed by atoms with Crippen molar-refractivity contribution in [3.63, 3.8) is 0 Å². The number of nitrogens with zero attached hydrogens (tertiary/aromatic N) is 5. The zero-order chi connectivity index (χ0) is 26.0. The highest BCUT2D eigenvalue weighted by molar-refractivity contribution is 5.88. The molecule has 0 radical (unpaired) electrons. The van der Waals surface area contributed by atoms with E-state index in [2.05, 4.69) is 64.2 Å². The van der Waals surface area contributed by atoms with E-state index in [9.17, 15) is 9.59 Å². The lowest BCUT2D eigenvalue weighted by molar-refractivity contribution is -0.119. The van der Waals surface area contributed by atoms with Gasteiger partial charge in [-0.15, -0.1) is 0 Å². The van der Waals surface area contributed by atoms with Gasteiger partial charge in [0.15, 0.2) is 5.78 Å². The lowest BCUT2D eigenvalue weighted by atomic mass is 9.68. The van der Waals surface area contributed by atoms with Crippen LogP contribution in [0.4, 0.5) is 4.79 Å². The Bertz CT molecular complexity index is 1110. The summed E-state index contributed by atoms with van der Waals surface area (Å²) in [5.74, 6) is 0.940. The minimum atomic E-state index is -0.211. The first-order valence-corrected chi connectivity index (χ1v) is 13.5. The van der Waals surface area contributed by atoms with Crippen LogP contribution < -0.4 is 4.74 Å². The Morgan fingerprint density at radius 2 is 1.84 bits per heavy atom. The third kappa shape index (κ3) is 4.96. The normalized spacial score (nSPS) is 26.1. The van der Waals surface area contributed by atoms with Crippen molar-refractivity contribution in [2.24, 2.45) is 5.92 Å². The van der Waals surface area contributed by atoms with Gasteiger partial charge in [-0.25, -0.2) is 9.78 Å². The van der Waals surface area contributed by atoms with E-state index >= 15 is 0 Å². The second-order valence-electron chi connectivity index (χ2n) is 11.3. The summed E-state index contributed by atoms with van der Waals surface area (Å²) in [6, 6.07) is 10.8. The Labute approximate surface area is 220 Å². The zero-order valence-electron chi connectivity index (χ0n) is 22.4. The summed E-state index contributed by atoms with van der Waals surface area (Å²) in [5.41, 5.74) is 1.66. The zero-order valence-corrected chi connectivity index (χ0v) is 22.4. The minimum absolute atomic E-state index is 0.0223. The molecule has 1 aromatic carbocycles. The number of aromatic nitrogens is 2. The van der Waals surface area contributed by atoms with Gasteiger partial charge in [0.25, 0.3) is 0 Å². The van der Waals surface area contributed by atoms with E-state index in [1.807, 2.05) is 0 Å². The quantitative estimate of drug-likeness (QED) is 0.514. The highest BCUT2D eigenvalue weighted by atomic mass is 16.5. The SMILES string of the molecule is COc1cncc(CC(=O)CN2CC3(CCC(c4ccccc4)(N(C)C)CC3)N(CC3CCC3)C2=O)n1. The van der Waals surface area contributed by atoms with Crippen LogP contribution in [0.1, 0.15) is 56.2 Å². The number of hydrogen-bond donors (Lipinski definition) is 0. The maximum atomic E-state index is 13.7. The van der Waals surface area contributed by atoms with Crippen LogP contribution in [0.2, 0.25) is 0 Å². The van der Waals surface area contributed by atoms with E-state index in [0.29, 0.717) is 24.0 Å². The lowest BCUT2D eigenvalue weighted by Gasteiger charge is -2.51. The molecule has 2 amide bonds. The molecule has 2 aliphatic carbocycles. The first-order chi connectivity index (χ1) is 17.8. The summed E-state index contributed by atoms with van der Waals surface area (Å²) in [7, 11) is 5.87. The van der Waals surface area contributed by atoms with Crippen LogP contribution in [0, 0.1) is 5.92 Å². The maximum Gasteiger partial charge on any atom is 0.321 e. The summed E-state index contributed by atoms with van der Waals surface area (Å²) in [5, 5.41) is 0. The standard InChI is InChI=1S/C29H39N5O3/c1-32(2)29(23-10-5-4-6-11-23)14-12-28(13-15-29)21-33(27(36)34(28)19-22-8-7-9-22)20-25(35)16-24-17-30-18-26(31-24)37-3/h4-6,10-11,17-18,22H,7-9,12-16,19-21H2,1-3H3. The average molecular weight is 506 g/mol. The highest BCUT2D eigenvalue weighted by Gasteiger charge is 2.55. The molecule has 2 heterocycles. The second-order valence-corrected chi connectivity index (χ2v) is 11.3. The van der Waals surface area contributed by atoms with E-state index in [4.69, 9.17) is 4.74 Å². The number of carbonyl (C=O) groups is 2. The molecule has 1 aromatic heterocycles. The Hall–Kier alpha value is -3.00. The fraction of sp³-hybridized carbons (Fsp3) is 0.586. The van der Waals surface area contributed by atoms with Crippen molar-refractivity contribution >= 4 is 11.8 Å². The number of rotatable bonds is 9. The van der Waals surface area contributed by atoms with Crippen LogP contribution in [0.5, 0.6) is 5.88 Å². The molecule has 0 bridgehead atoms. The van der Waals surface area contributed by atoms with Gasteiger partial charge in [-0.05, 0) is 64.1 Å². The van der Waals surface area contributed by atoms with Crippen LogP contribution in [0.25, 0.3) is 0 Å². The van der Waals surface area contributed by atoms with Crippen molar-refractivity contribution in [3.05, 3.63) is 54.0 Å². The third-order valence-electron chi connectivity index (χ3n) is 9.02. The van der Waals surface area contributed by atoms with Gasteiger partial charge in [0.2, 0.25) is 5.88 Å².